The monoisotopic (exact) mass is 162 g/mol. The molecule has 0 aromatic rings. The fourth-order valence-corrected chi connectivity index (χ4v) is 0. The van der Waals surface area contributed by atoms with Gasteiger partial charge >= 0.3 is 0 Å². The number of rotatable bonds is 0. The van der Waals surface area contributed by atoms with E-state index in [1.807, 2.05) is 0 Å². The second kappa shape index (κ2) is 60.2. The molecule has 0 aliphatic rings. The van der Waals surface area contributed by atoms with E-state index < -0.39 is 0 Å². The Balaban J connectivity index is -0.0000000233. The van der Waals surface area contributed by atoms with Crippen molar-refractivity contribution in [1.29, 1.82) is 10.5 Å². The molecule has 0 fully saturated rings. The molecule has 0 amide bonds. The first-order valence-electron chi connectivity index (χ1n) is 1.12. The molecule has 0 radical (unpaired) electrons. The smallest absolute Gasteiger partial charge is 0.181 e. The van der Waals surface area contributed by atoms with Crippen molar-refractivity contribution >= 4 is 30.9 Å². The Labute approximate surface area is 65.6 Å². The van der Waals surface area contributed by atoms with Gasteiger partial charge in [0.15, 0.2) is 12.1 Å². The highest BCUT2D eigenvalue weighted by atomic mass is 32.1. The van der Waals surface area contributed by atoms with Crippen LogP contribution in [-0.4, -0.2) is 5.16 Å². The van der Waals surface area contributed by atoms with E-state index in [2.05, 4.69) is 12.2 Å². The largest absolute Gasteiger partial charge is 0.753 e. The Morgan fingerprint density at radius 1 is 1.22 bits per heavy atom. The van der Waals surface area contributed by atoms with Crippen LogP contribution in [-0.2, 0) is 0 Å². The summed E-state index contributed by atoms with van der Waals surface area (Å²) in [7, 11) is 0. The first kappa shape index (κ1) is 24.3. The van der Waals surface area contributed by atoms with Gasteiger partial charge in [-0.05, 0) is 0 Å². The summed E-state index contributed by atoms with van der Waals surface area (Å²) < 4.78 is 0. The summed E-state index contributed by atoms with van der Waals surface area (Å²) in [5, 5.41) is 23.0. The van der Waals surface area contributed by atoms with Gasteiger partial charge < -0.3 is 11.6 Å². The van der Waals surface area contributed by atoms with E-state index in [1.165, 1.54) is 17.3 Å². The predicted molar refractivity (Wildman–Crippen MR) is 43.5 cm³/mol. The average molecular weight is 162 g/mol. The minimum absolute atomic E-state index is 0. The zero-order valence-corrected chi connectivity index (χ0v) is 6.57. The Kier molecular flexibility index (Phi) is 163. The molecule has 0 aliphatic heterocycles. The number of isothiocyanates is 1. The zero-order valence-electron chi connectivity index (χ0n) is 4.75. The lowest BCUT2D eigenvalue weighted by molar-refractivity contribution is 1.49. The van der Waals surface area contributed by atoms with Crippen molar-refractivity contribution in [3.8, 4) is 12.1 Å². The maximum atomic E-state index is 7.26. The Morgan fingerprint density at radius 3 is 1.33 bits per heavy atom. The van der Waals surface area contributed by atoms with Crippen LogP contribution in [0.25, 0.3) is 5.41 Å². The van der Waals surface area contributed by atoms with Crippen LogP contribution in [0.4, 0.5) is 0 Å². The van der Waals surface area contributed by atoms with Crippen molar-refractivity contribution in [1.82, 2.24) is 6.15 Å². The van der Waals surface area contributed by atoms with Gasteiger partial charge in [0.1, 0.15) is 0 Å². The standard InChI is InChI=1S/C2N2.CNS.H3N.H2S/c3-1-2-4;2-1-3;;/h;;1H3;1H2/q;-1;;/p+1. The molecule has 0 saturated heterocycles. The van der Waals surface area contributed by atoms with E-state index in [0.717, 1.165) is 0 Å². The van der Waals surface area contributed by atoms with E-state index >= 15 is 0 Å². The molecule has 0 bridgehead atoms. The van der Waals surface area contributed by atoms with Crippen molar-refractivity contribution in [3.63, 3.8) is 0 Å². The van der Waals surface area contributed by atoms with Crippen LogP contribution in [0.15, 0.2) is 0 Å². The van der Waals surface area contributed by atoms with E-state index in [-0.39, 0.29) is 19.6 Å². The molecule has 4 nitrogen and oxygen atoms in total. The molecule has 9 heavy (non-hydrogen) atoms. The van der Waals surface area contributed by atoms with Crippen LogP contribution in [0.3, 0.4) is 0 Å². The third-order valence-electron chi connectivity index (χ3n) is 0.0500. The molecule has 0 spiro atoms. The first-order chi connectivity index (χ1) is 3.33. The van der Waals surface area contributed by atoms with Gasteiger partial charge in [-0.3, -0.25) is 0 Å². The molecule has 4 N–H and O–H groups in total. The van der Waals surface area contributed by atoms with E-state index in [1.54, 1.807) is 0 Å². The second-order valence-corrected chi connectivity index (χ2v) is 0.497. The highest BCUT2D eigenvalue weighted by molar-refractivity contribution is 7.78. The Bertz CT molecular complexity index is 123. The van der Waals surface area contributed by atoms with E-state index in [9.17, 15) is 0 Å². The van der Waals surface area contributed by atoms with Crippen LogP contribution in [0.1, 0.15) is 0 Å². The third-order valence-corrected chi connectivity index (χ3v) is 0.0500. The van der Waals surface area contributed by atoms with Crippen LogP contribution in [0.2, 0.25) is 0 Å². The molecule has 0 aromatic heterocycles. The molecule has 0 aromatic carbocycles. The Morgan fingerprint density at radius 2 is 1.33 bits per heavy atom. The summed E-state index contributed by atoms with van der Waals surface area (Å²) in [4.78, 5) is 0. The van der Waals surface area contributed by atoms with Gasteiger partial charge in [-0.1, -0.05) is 12.2 Å². The molecule has 0 saturated carbocycles. The second-order valence-electron chi connectivity index (χ2n) is 0.315. The maximum absolute atomic E-state index is 7.26. The first-order valence-corrected chi connectivity index (χ1v) is 1.53. The summed E-state index contributed by atoms with van der Waals surface area (Å²) in [5.41, 5.74) is 0. The molecule has 0 rings (SSSR count). The minimum Gasteiger partial charge on any atom is -0.753 e. The summed E-state index contributed by atoms with van der Waals surface area (Å²) >= 11 is 3.70. The Hall–Kier alpha value is -0.910. The summed E-state index contributed by atoms with van der Waals surface area (Å²) in [6.07, 6.45) is 0. The molecule has 0 unspecified atom stereocenters. The zero-order chi connectivity index (χ0) is 6.12. The number of nitriles is 2. The predicted octanol–water partition coefficient (Wildman–Crippen LogP) is 1.18. The third kappa shape index (κ3) is 22700. The lowest BCUT2D eigenvalue weighted by Gasteiger charge is -1.37. The van der Waals surface area contributed by atoms with Gasteiger partial charge in [0.25, 0.3) is 0 Å². The lowest BCUT2D eigenvalue weighted by Crippen LogP contribution is -1.26. The number of hydrogen-bond acceptors (Lipinski definition) is 3. The highest BCUT2D eigenvalue weighted by Gasteiger charge is 1.39. The normalized spacial score (nSPS) is 2.00. The van der Waals surface area contributed by atoms with Gasteiger partial charge in [-0.15, -0.1) is 0 Å². The SMILES string of the molecule is N#CC#N.S.[N-]=C=S.[NH4+]. The quantitative estimate of drug-likeness (QED) is 0.426. The van der Waals surface area contributed by atoms with Gasteiger partial charge in [0.2, 0.25) is 0 Å². The minimum atomic E-state index is 0. The maximum Gasteiger partial charge on any atom is 0.181 e. The molecule has 0 heterocycles. The van der Waals surface area contributed by atoms with Crippen LogP contribution in [0.5, 0.6) is 0 Å². The molecular formula is C3H6N4S2. The summed E-state index contributed by atoms with van der Waals surface area (Å²) in [6.45, 7) is 0. The van der Waals surface area contributed by atoms with Gasteiger partial charge in [-0.2, -0.15) is 29.2 Å². The fraction of sp³-hybridized carbons (Fsp3) is 0. The highest BCUT2D eigenvalue weighted by Crippen LogP contribution is 1.27. The van der Waals surface area contributed by atoms with Crippen LogP contribution >= 0.6 is 25.7 Å². The number of nitrogens with zero attached hydrogens (tertiary/aromatic N) is 3. The number of thiocarbonyl (C=S) groups is 1. The van der Waals surface area contributed by atoms with Gasteiger partial charge in [-0.25, -0.2) is 0 Å². The van der Waals surface area contributed by atoms with Crippen molar-refractivity contribution < 1.29 is 0 Å². The molecule has 0 aliphatic carbocycles. The molecule has 0 atom stereocenters. The average Bonchev–Trinajstić information content (AvgIpc) is 1.69. The summed E-state index contributed by atoms with van der Waals surface area (Å²) in [5.74, 6) is 0. The van der Waals surface area contributed by atoms with Crippen molar-refractivity contribution in [2.24, 2.45) is 0 Å². The van der Waals surface area contributed by atoms with Crippen LogP contribution in [0, 0.1) is 22.7 Å². The van der Waals surface area contributed by atoms with E-state index in [4.69, 9.17) is 15.9 Å². The number of quaternary nitrogens is 1. The van der Waals surface area contributed by atoms with Gasteiger partial charge in [0, 0.05) is 0 Å². The number of hydrogen-bond donors (Lipinski definition) is 1. The fourth-order valence-electron chi connectivity index (χ4n) is 0. The topological polar surface area (TPSA) is 106 Å². The van der Waals surface area contributed by atoms with E-state index in [0.29, 0.717) is 0 Å². The van der Waals surface area contributed by atoms with Crippen molar-refractivity contribution in [2.75, 3.05) is 0 Å². The summed E-state index contributed by atoms with van der Waals surface area (Å²) in [6, 6.07) is 2.47. The lowest BCUT2D eigenvalue weighted by atomic mass is 10.9. The van der Waals surface area contributed by atoms with Crippen LogP contribution < -0.4 is 6.15 Å². The molecule has 50 valence electrons. The molecule has 6 heteroatoms. The van der Waals surface area contributed by atoms with Crippen molar-refractivity contribution in [3.05, 3.63) is 5.41 Å². The molecular weight excluding hydrogens is 156 g/mol. The van der Waals surface area contributed by atoms with Crippen molar-refractivity contribution in [2.45, 2.75) is 0 Å². The van der Waals surface area contributed by atoms with Gasteiger partial charge in [0.05, 0.1) is 0 Å².